The lowest BCUT2D eigenvalue weighted by Gasteiger charge is -2.45. The van der Waals surface area contributed by atoms with Crippen molar-refractivity contribution >= 4 is 0 Å². The van der Waals surface area contributed by atoms with Crippen LogP contribution in [0.15, 0.2) is 0 Å². The predicted octanol–water partition coefficient (Wildman–Crippen LogP) is -18.4. The minimum atomic E-state index is -3.08. The zero-order valence-electron chi connectivity index (χ0n) is 46.9. The molecule has 8 saturated heterocycles. The molecule has 0 aromatic rings. The molecule has 0 amide bonds. The van der Waals surface area contributed by atoms with Crippen molar-refractivity contribution in [1.82, 2.24) is 0 Å². The molecule has 0 aliphatic carbocycles. The lowest BCUT2D eigenvalue weighted by molar-refractivity contribution is -0.407. The van der Waals surface area contributed by atoms with Crippen LogP contribution in [-0.2, 0) is 71.1 Å². The molecule has 41 nitrogen and oxygen atoms in total. The number of ether oxygens (including phenoxy) is 15. The van der Waals surface area contributed by atoms with Crippen molar-refractivity contribution in [3.05, 3.63) is 0 Å². The van der Waals surface area contributed by atoms with Gasteiger partial charge < -0.3 is 204 Å². The number of hydrogen-bond acceptors (Lipinski definition) is 41. The van der Waals surface area contributed by atoms with E-state index in [1.165, 1.54) is 0 Å². The Kier molecular flexibility index (Phi) is 23.5. The lowest BCUT2D eigenvalue weighted by Crippen LogP contribution is -2.64. The third-order valence-corrected chi connectivity index (χ3v) is 17.3. The summed E-state index contributed by atoms with van der Waals surface area (Å²) in [5.74, 6) is -20.7. The minimum absolute atomic E-state index is 0.932. The van der Waals surface area contributed by atoms with Gasteiger partial charge in [0.25, 0.3) is 0 Å². The Bertz CT molecular complexity index is 2260. The fourth-order valence-electron chi connectivity index (χ4n) is 11.7. The quantitative estimate of drug-likeness (QED) is 0.0331. The lowest BCUT2D eigenvalue weighted by atomic mass is 9.99. The van der Waals surface area contributed by atoms with Gasteiger partial charge >= 0.3 is 0 Å². The Hall–Kier alpha value is -1.64. The fourth-order valence-corrected chi connectivity index (χ4v) is 11.7. The molecule has 8 rings (SSSR count). The summed E-state index contributed by atoms with van der Waals surface area (Å²) in [6.07, 6.45) is -54.4. The first kappa shape index (κ1) is 73.2. The zero-order valence-corrected chi connectivity index (χ0v) is 46.9. The van der Waals surface area contributed by atoms with E-state index in [0.29, 0.717) is 0 Å². The molecule has 0 bridgehead atoms. The maximum atomic E-state index is 11.8. The molecule has 41 heteroatoms. The van der Waals surface area contributed by atoms with Gasteiger partial charge in [-0.05, 0) is 0 Å². The molecular weight excluding hydrogens is 1230 g/mol. The summed E-state index contributed by atoms with van der Waals surface area (Å²) in [7, 11) is 0. The van der Waals surface area contributed by atoms with Crippen LogP contribution in [0.3, 0.4) is 0 Å². The van der Waals surface area contributed by atoms with Gasteiger partial charge in [-0.2, -0.15) is 0 Å². The van der Waals surface area contributed by atoms with Crippen LogP contribution in [0.4, 0.5) is 0 Å². The van der Waals surface area contributed by atoms with Crippen molar-refractivity contribution in [2.75, 3.05) is 99.1 Å². The van der Waals surface area contributed by atoms with Crippen LogP contribution in [0, 0.1) is 0 Å². The van der Waals surface area contributed by atoms with Crippen LogP contribution in [-0.4, -0.2) is 431 Å². The Morgan fingerprint density at radius 2 is 0.427 bits per heavy atom. The summed E-state index contributed by atoms with van der Waals surface area (Å²) in [5, 5.41) is 281. The second kappa shape index (κ2) is 28.6. The molecule has 0 aromatic carbocycles. The molecule has 8 aliphatic rings. The number of rotatable bonds is 29. The first-order valence-electron chi connectivity index (χ1n) is 27.9. The first-order chi connectivity index (χ1) is 42.0. The smallest absolute Gasteiger partial charge is 0.224 e. The number of aliphatic hydroxyl groups excluding tert-OH is 26. The Balaban J connectivity index is 1.11. The van der Waals surface area contributed by atoms with Gasteiger partial charge in [-0.25, -0.2) is 0 Å². The molecule has 0 radical (unpaired) electrons. The molecule has 0 aromatic heterocycles. The minimum Gasteiger partial charge on any atom is -0.394 e. The van der Waals surface area contributed by atoms with Crippen molar-refractivity contribution in [2.45, 2.75) is 199 Å². The Morgan fingerprint density at radius 1 is 0.225 bits per heavy atom. The second-order valence-corrected chi connectivity index (χ2v) is 22.8. The predicted molar refractivity (Wildman–Crippen MR) is 265 cm³/mol. The van der Waals surface area contributed by atoms with Crippen molar-refractivity contribution in [3.8, 4) is 0 Å². The topological polar surface area (TPSA) is 664 Å². The summed E-state index contributed by atoms with van der Waals surface area (Å²) in [6.45, 7) is -18.4. The molecule has 26 N–H and O–H groups in total. The van der Waals surface area contributed by atoms with E-state index in [0.717, 1.165) is 0 Å². The van der Waals surface area contributed by atoms with E-state index in [4.69, 9.17) is 71.1 Å². The van der Waals surface area contributed by atoms with Gasteiger partial charge in [0.1, 0.15) is 199 Å². The van der Waals surface area contributed by atoms with E-state index in [1.807, 2.05) is 0 Å². The summed E-state index contributed by atoms with van der Waals surface area (Å²) < 4.78 is 86.8. The van der Waals surface area contributed by atoms with E-state index in [9.17, 15) is 133 Å². The number of aliphatic hydroxyl groups is 26. The number of hydrogen-bond donors (Lipinski definition) is 26. The molecule has 0 spiro atoms. The average molecular weight is 1320 g/mol. The fraction of sp³-hybridized carbons (Fsp3) is 1.00. The molecule has 520 valence electrons. The summed E-state index contributed by atoms with van der Waals surface area (Å²) >= 11 is 0. The average Bonchev–Trinajstić information content (AvgIpc) is 2.08. The molecule has 33 atom stereocenters. The largest absolute Gasteiger partial charge is 0.394 e. The monoisotopic (exact) mass is 1310 g/mol. The SMILES string of the molecule is OC[C@H]1O[C@H](O[C@]2(CO[C@]3(CO[C@]4(CO[C@]5(CO[C@]6(CO[C@]7(CO[C@]8(CO)O[C@H](CO)[C@@H](O)[C@@H]8O)O[C@H](CO)[C@@H](O)[C@@H]7O)O[C@H](CO)[C@@H](O)[C@@H]6O)O[C@H](CO)[C@@H](O)[C@@H]5O)O[C@H](CO)[C@@H](O)[C@@H]4O)O[C@H](CO)[C@@H](O)[C@@H]3O)O[C@H](CO)[C@@H](O)[C@@H]2O)[C@H](O)[C@@H](O)C1O. The van der Waals surface area contributed by atoms with Gasteiger partial charge in [0.15, 0.2) is 6.29 Å². The van der Waals surface area contributed by atoms with Crippen LogP contribution in [0.25, 0.3) is 0 Å². The van der Waals surface area contributed by atoms with Crippen LogP contribution >= 0.6 is 0 Å². The highest BCUT2D eigenvalue weighted by Gasteiger charge is 2.68. The highest BCUT2D eigenvalue weighted by Crippen LogP contribution is 2.46. The van der Waals surface area contributed by atoms with Gasteiger partial charge in [0.05, 0.1) is 52.9 Å². The van der Waals surface area contributed by atoms with Gasteiger partial charge in [0.2, 0.25) is 40.5 Å². The van der Waals surface area contributed by atoms with Gasteiger partial charge in [-0.15, -0.1) is 0 Å². The van der Waals surface area contributed by atoms with Crippen molar-refractivity contribution in [3.63, 3.8) is 0 Å². The highest BCUT2D eigenvalue weighted by atomic mass is 16.9. The first-order valence-corrected chi connectivity index (χ1v) is 27.9. The zero-order chi connectivity index (χ0) is 65.7. The Labute approximate surface area is 501 Å². The maximum absolute atomic E-state index is 11.8. The molecule has 0 saturated carbocycles. The molecular formula is C48H82O41. The Morgan fingerprint density at radius 3 is 0.663 bits per heavy atom. The van der Waals surface area contributed by atoms with Crippen molar-refractivity contribution in [2.24, 2.45) is 0 Å². The standard InChI is InChI=1S/C48H82O41/c49-1-16-24(58)32(66)33(67)41(81-16)89-48(40(74)31(65)23(8-56)88-48)15-80-47(39(73)30(64)22(7-55)87-47)14-79-46(38(72)29(63)21(6-54)86-46)13-78-45(37(71)28(62)20(5-53)85-45)12-77-44(36(70)27(61)19(4-52)84-44)11-76-43(35(69)26(60)18(3-51)83-43)10-75-42(9-57)34(68)25(59)17(2-50)82-42/h16-41,49-74H,1-15H2/t16-,17-,18-,19-,20-,21-,22-,23-,24?,25-,26-,27-,28-,29-,30-,31-,32+,33-,34+,35+,36+,37+,38+,39+,40+,41-,42-,43-,44-,45-,46-,47-,48+/m1/s1. The normalized spacial score (nSPS) is 52.7. The summed E-state index contributed by atoms with van der Waals surface area (Å²) in [4.78, 5) is 0. The van der Waals surface area contributed by atoms with E-state index < -0.39 is 299 Å². The third kappa shape index (κ3) is 13.0. The van der Waals surface area contributed by atoms with E-state index >= 15 is 0 Å². The molecule has 1 unspecified atom stereocenters. The van der Waals surface area contributed by atoms with Crippen molar-refractivity contribution in [1.29, 1.82) is 0 Å². The van der Waals surface area contributed by atoms with Gasteiger partial charge in [-0.3, -0.25) is 0 Å². The van der Waals surface area contributed by atoms with Crippen LogP contribution in [0.2, 0.25) is 0 Å². The summed E-state index contributed by atoms with van der Waals surface area (Å²) in [5.41, 5.74) is 0. The van der Waals surface area contributed by atoms with Crippen LogP contribution in [0.5, 0.6) is 0 Å². The van der Waals surface area contributed by atoms with E-state index in [-0.39, 0.29) is 0 Å². The second-order valence-electron chi connectivity index (χ2n) is 22.8. The summed E-state index contributed by atoms with van der Waals surface area (Å²) in [6, 6.07) is 0. The van der Waals surface area contributed by atoms with Gasteiger partial charge in [0, 0.05) is 0 Å². The molecule has 8 fully saturated rings. The highest BCUT2D eigenvalue weighted by molar-refractivity contribution is 5.07. The third-order valence-electron chi connectivity index (χ3n) is 17.3. The van der Waals surface area contributed by atoms with Gasteiger partial charge in [-0.1, -0.05) is 0 Å². The van der Waals surface area contributed by atoms with Crippen LogP contribution in [0.1, 0.15) is 0 Å². The van der Waals surface area contributed by atoms with E-state index in [1.54, 1.807) is 0 Å². The van der Waals surface area contributed by atoms with Crippen LogP contribution < -0.4 is 0 Å². The molecule has 8 aliphatic heterocycles. The van der Waals surface area contributed by atoms with E-state index in [2.05, 4.69) is 0 Å². The molecule has 8 heterocycles. The molecule has 89 heavy (non-hydrogen) atoms. The van der Waals surface area contributed by atoms with Crippen molar-refractivity contribution < 1.29 is 204 Å². The maximum Gasteiger partial charge on any atom is 0.224 e.